The van der Waals surface area contributed by atoms with Crippen LogP contribution in [0, 0.1) is 0 Å². The lowest BCUT2D eigenvalue weighted by molar-refractivity contribution is 0.0342. The molecular weight excluding hydrogens is 420 g/mol. The molecule has 2 aromatic heterocycles. The Morgan fingerprint density at radius 2 is 1.85 bits per heavy atom. The number of hydrogen-bond donors (Lipinski definition) is 3. The van der Waals surface area contributed by atoms with E-state index >= 15 is 0 Å². The van der Waals surface area contributed by atoms with Gasteiger partial charge in [-0.25, -0.2) is 4.98 Å². The monoisotopic (exact) mass is 448 g/mol. The predicted molar refractivity (Wildman–Crippen MR) is 125 cm³/mol. The van der Waals surface area contributed by atoms with Gasteiger partial charge in [-0.3, -0.25) is 19.8 Å². The average molecular weight is 449 g/mol. The van der Waals surface area contributed by atoms with Crippen LogP contribution in [0.2, 0.25) is 0 Å². The quantitative estimate of drug-likeness (QED) is 0.518. The van der Waals surface area contributed by atoms with Crippen LogP contribution in [0.3, 0.4) is 0 Å². The molecule has 1 amide bonds. The van der Waals surface area contributed by atoms with Crippen molar-refractivity contribution in [2.75, 3.05) is 62.7 Å². The maximum atomic E-state index is 12.9. The molecule has 2 saturated heterocycles. The highest BCUT2D eigenvalue weighted by Gasteiger charge is 2.19. The van der Waals surface area contributed by atoms with E-state index in [2.05, 4.69) is 52.7 Å². The summed E-state index contributed by atoms with van der Waals surface area (Å²) in [6.45, 7) is 7.95. The van der Waals surface area contributed by atoms with E-state index in [1.165, 1.54) is 5.56 Å². The minimum atomic E-state index is -0.345. The molecule has 5 rings (SSSR count). The molecule has 0 saturated carbocycles. The molecule has 0 spiro atoms. The van der Waals surface area contributed by atoms with Gasteiger partial charge in [0.15, 0.2) is 5.82 Å². The number of carbonyl (C=O) groups is 1. The first-order valence-electron chi connectivity index (χ1n) is 11.3. The van der Waals surface area contributed by atoms with Gasteiger partial charge < -0.3 is 20.3 Å². The molecule has 1 aromatic carbocycles. The molecule has 10 nitrogen and oxygen atoms in total. The van der Waals surface area contributed by atoms with Gasteiger partial charge >= 0.3 is 0 Å². The van der Waals surface area contributed by atoms with E-state index in [9.17, 15) is 4.79 Å². The number of carbonyl (C=O) groups excluding carboxylic acids is 1. The molecule has 172 valence electrons. The van der Waals surface area contributed by atoms with Crippen LogP contribution in [0.25, 0.3) is 11.4 Å². The molecule has 33 heavy (non-hydrogen) atoms. The highest BCUT2D eigenvalue weighted by atomic mass is 16.5. The Morgan fingerprint density at radius 1 is 1.06 bits per heavy atom. The van der Waals surface area contributed by atoms with E-state index in [1.54, 1.807) is 12.4 Å². The number of morpholine rings is 1. The number of ether oxygens (including phenoxy) is 1. The number of pyridine rings is 1. The fourth-order valence-corrected chi connectivity index (χ4v) is 4.12. The first-order chi connectivity index (χ1) is 16.3. The fraction of sp³-hybridized carbons (Fsp3) is 0.391. The number of aromatic nitrogens is 4. The standard InChI is InChI=1S/C23H28N8O2/c32-23(26-19-15-25-6-5-20(19)31-9-7-24-8-10-31)22-27-21(28-29-22)18-3-1-17(2-4-18)16-30-11-13-33-14-12-30/h1-6,15,24H,7-14,16H2,(H,26,32)(H,27,28,29). The zero-order chi connectivity index (χ0) is 22.5. The summed E-state index contributed by atoms with van der Waals surface area (Å²) < 4.78 is 5.41. The normalized spacial score (nSPS) is 17.2. The van der Waals surface area contributed by atoms with Gasteiger partial charge in [0.25, 0.3) is 5.91 Å². The van der Waals surface area contributed by atoms with Crippen molar-refractivity contribution in [3.8, 4) is 11.4 Å². The third kappa shape index (κ3) is 5.19. The smallest absolute Gasteiger partial charge is 0.293 e. The zero-order valence-electron chi connectivity index (χ0n) is 18.5. The zero-order valence-corrected chi connectivity index (χ0v) is 18.5. The number of amides is 1. The van der Waals surface area contributed by atoms with Gasteiger partial charge in [-0.1, -0.05) is 24.3 Å². The number of benzene rings is 1. The lowest BCUT2D eigenvalue weighted by Crippen LogP contribution is -2.43. The van der Waals surface area contributed by atoms with E-state index in [4.69, 9.17) is 4.74 Å². The van der Waals surface area contributed by atoms with Crippen LogP contribution < -0.4 is 15.5 Å². The third-order valence-corrected chi connectivity index (χ3v) is 5.93. The summed E-state index contributed by atoms with van der Waals surface area (Å²) in [5, 5.41) is 13.3. The van der Waals surface area contributed by atoms with Crippen LogP contribution in [-0.4, -0.2) is 83.5 Å². The summed E-state index contributed by atoms with van der Waals surface area (Å²) in [6.07, 6.45) is 3.40. The molecule has 2 fully saturated rings. The highest BCUT2D eigenvalue weighted by molar-refractivity contribution is 6.03. The summed E-state index contributed by atoms with van der Waals surface area (Å²) in [6, 6.07) is 10.1. The van der Waals surface area contributed by atoms with Gasteiger partial charge in [-0.15, -0.1) is 0 Å². The molecule has 3 aromatic rings. The molecule has 0 bridgehead atoms. The van der Waals surface area contributed by atoms with Gasteiger partial charge in [0.2, 0.25) is 5.82 Å². The van der Waals surface area contributed by atoms with E-state index in [0.717, 1.165) is 70.3 Å². The Kier molecular flexibility index (Phi) is 6.56. The number of anilines is 2. The van der Waals surface area contributed by atoms with Crippen molar-refractivity contribution < 1.29 is 9.53 Å². The predicted octanol–water partition coefficient (Wildman–Crippen LogP) is 1.36. The molecule has 0 radical (unpaired) electrons. The topological polar surface area (TPSA) is 111 Å². The summed E-state index contributed by atoms with van der Waals surface area (Å²) in [5.41, 5.74) is 3.70. The van der Waals surface area contributed by atoms with Crippen molar-refractivity contribution >= 4 is 17.3 Å². The van der Waals surface area contributed by atoms with E-state index in [-0.39, 0.29) is 11.7 Å². The highest BCUT2D eigenvalue weighted by Crippen LogP contribution is 2.25. The number of piperazine rings is 1. The Hall–Kier alpha value is -3.34. The second-order valence-electron chi connectivity index (χ2n) is 8.18. The third-order valence-electron chi connectivity index (χ3n) is 5.93. The van der Waals surface area contributed by atoms with Gasteiger partial charge in [-0.05, 0) is 11.6 Å². The van der Waals surface area contributed by atoms with Crippen LogP contribution >= 0.6 is 0 Å². The number of aromatic amines is 1. The summed E-state index contributed by atoms with van der Waals surface area (Å²) in [4.78, 5) is 26.1. The molecule has 2 aliphatic heterocycles. The Labute approximate surface area is 192 Å². The van der Waals surface area contributed by atoms with Gasteiger partial charge in [0.05, 0.1) is 30.8 Å². The van der Waals surface area contributed by atoms with Crippen molar-refractivity contribution in [2.24, 2.45) is 0 Å². The van der Waals surface area contributed by atoms with Crippen molar-refractivity contribution in [3.63, 3.8) is 0 Å². The largest absolute Gasteiger partial charge is 0.379 e. The summed E-state index contributed by atoms with van der Waals surface area (Å²) in [5.74, 6) is 0.311. The first-order valence-corrected chi connectivity index (χ1v) is 11.3. The second kappa shape index (κ2) is 10.1. The SMILES string of the molecule is O=C(Nc1cnccc1N1CCNCC1)c1nc(-c2ccc(CN3CCOCC3)cc2)n[nH]1. The average Bonchev–Trinajstić information content (AvgIpc) is 3.37. The minimum absolute atomic E-state index is 0.164. The van der Waals surface area contributed by atoms with Crippen LogP contribution in [0.4, 0.5) is 11.4 Å². The first kappa shape index (κ1) is 21.5. The molecule has 2 aliphatic rings. The molecule has 0 aliphatic carbocycles. The Balaban J connectivity index is 1.25. The maximum absolute atomic E-state index is 12.9. The van der Waals surface area contributed by atoms with Crippen molar-refractivity contribution in [1.29, 1.82) is 0 Å². The van der Waals surface area contributed by atoms with E-state index in [1.807, 2.05) is 18.2 Å². The lowest BCUT2D eigenvalue weighted by atomic mass is 10.1. The second-order valence-corrected chi connectivity index (χ2v) is 8.18. The van der Waals surface area contributed by atoms with Crippen molar-refractivity contribution in [1.82, 2.24) is 30.4 Å². The number of hydrogen-bond acceptors (Lipinski definition) is 8. The number of nitrogens with zero attached hydrogens (tertiary/aromatic N) is 5. The number of rotatable bonds is 6. The Morgan fingerprint density at radius 3 is 2.64 bits per heavy atom. The number of H-pyrrole nitrogens is 1. The van der Waals surface area contributed by atoms with Crippen LogP contribution in [-0.2, 0) is 11.3 Å². The summed E-state index contributed by atoms with van der Waals surface area (Å²) in [7, 11) is 0. The fourth-order valence-electron chi connectivity index (χ4n) is 4.12. The molecule has 3 N–H and O–H groups in total. The summed E-state index contributed by atoms with van der Waals surface area (Å²) >= 11 is 0. The Bertz CT molecular complexity index is 1070. The van der Waals surface area contributed by atoms with E-state index in [0.29, 0.717) is 11.5 Å². The maximum Gasteiger partial charge on any atom is 0.293 e. The van der Waals surface area contributed by atoms with Crippen molar-refractivity contribution in [2.45, 2.75) is 6.54 Å². The minimum Gasteiger partial charge on any atom is -0.379 e. The molecule has 10 heteroatoms. The van der Waals surface area contributed by atoms with Gasteiger partial charge in [0.1, 0.15) is 0 Å². The van der Waals surface area contributed by atoms with Crippen LogP contribution in [0.1, 0.15) is 16.2 Å². The lowest BCUT2D eigenvalue weighted by Gasteiger charge is -2.30. The van der Waals surface area contributed by atoms with Crippen LogP contribution in [0.5, 0.6) is 0 Å². The van der Waals surface area contributed by atoms with Gasteiger partial charge in [-0.2, -0.15) is 5.10 Å². The number of nitrogens with one attached hydrogen (secondary N) is 3. The molecule has 0 atom stereocenters. The molecule has 0 unspecified atom stereocenters. The molecule has 4 heterocycles. The van der Waals surface area contributed by atoms with Crippen LogP contribution in [0.15, 0.2) is 42.7 Å². The van der Waals surface area contributed by atoms with E-state index < -0.39 is 0 Å². The van der Waals surface area contributed by atoms with Crippen molar-refractivity contribution in [3.05, 3.63) is 54.1 Å². The van der Waals surface area contributed by atoms with Gasteiger partial charge in [0, 0.05) is 57.6 Å². The molecular formula is C23H28N8O2.